The van der Waals surface area contributed by atoms with E-state index in [1.807, 2.05) is 24.3 Å². The quantitative estimate of drug-likeness (QED) is 0.753. The van der Waals surface area contributed by atoms with Crippen molar-refractivity contribution in [1.29, 1.82) is 0 Å². The van der Waals surface area contributed by atoms with E-state index in [1.165, 1.54) is 0 Å². The average molecular weight is 223 g/mol. The predicted molar refractivity (Wildman–Crippen MR) is 65.6 cm³/mol. The van der Waals surface area contributed by atoms with Gasteiger partial charge in [-0.3, -0.25) is 0 Å². The van der Waals surface area contributed by atoms with Crippen LogP contribution in [0.3, 0.4) is 0 Å². The van der Waals surface area contributed by atoms with Crippen LogP contribution in [0.2, 0.25) is 0 Å². The van der Waals surface area contributed by atoms with Gasteiger partial charge in [-0.2, -0.15) is 0 Å². The van der Waals surface area contributed by atoms with Gasteiger partial charge in [-0.1, -0.05) is 32.0 Å². The summed E-state index contributed by atoms with van der Waals surface area (Å²) >= 11 is 0. The molecule has 90 valence electrons. The van der Waals surface area contributed by atoms with Gasteiger partial charge in [-0.15, -0.1) is 0 Å². The van der Waals surface area contributed by atoms with Crippen molar-refractivity contribution in [3.8, 4) is 5.75 Å². The number of nitrogens with two attached hydrogens (primary N) is 1. The Labute approximate surface area is 97.6 Å². The van der Waals surface area contributed by atoms with Crippen LogP contribution in [0.25, 0.3) is 0 Å². The van der Waals surface area contributed by atoms with Crippen molar-refractivity contribution in [2.24, 2.45) is 11.7 Å². The van der Waals surface area contributed by atoms with Crippen LogP contribution < -0.4 is 10.5 Å². The molecule has 1 aromatic carbocycles. The zero-order valence-corrected chi connectivity index (χ0v) is 10.3. The standard InChI is InChI=1S/C13H21NO2/c1-10(2)13(14)11-6-4-5-7-12(11)16-9-8-15-3/h4-7,10,13H,8-9,14H2,1-3H3. The van der Waals surface area contributed by atoms with Gasteiger partial charge in [0.2, 0.25) is 0 Å². The van der Waals surface area contributed by atoms with Gasteiger partial charge in [-0.25, -0.2) is 0 Å². The van der Waals surface area contributed by atoms with E-state index in [0.29, 0.717) is 19.1 Å². The molecule has 0 fully saturated rings. The Morgan fingerprint density at radius 1 is 1.19 bits per heavy atom. The number of ether oxygens (including phenoxy) is 2. The molecule has 0 heterocycles. The number of benzene rings is 1. The first kappa shape index (κ1) is 13.0. The topological polar surface area (TPSA) is 44.5 Å². The van der Waals surface area contributed by atoms with Gasteiger partial charge in [0.05, 0.1) is 6.61 Å². The van der Waals surface area contributed by atoms with Gasteiger partial charge < -0.3 is 15.2 Å². The summed E-state index contributed by atoms with van der Waals surface area (Å²) in [7, 11) is 1.66. The van der Waals surface area contributed by atoms with E-state index in [1.54, 1.807) is 7.11 Å². The summed E-state index contributed by atoms with van der Waals surface area (Å²) in [5.74, 6) is 1.26. The van der Waals surface area contributed by atoms with E-state index in [2.05, 4.69) is 13.8 Å². The van der Waals surface area contributed by atoms with E-state index in [9.17, 15) is 0 Å². The summed E-state index contributed by atoms with van der Waals surface area (Å²) in [6.07, 6.45) is 0. The molecule has 0 aliphatic rings. The SMILES string of the molecule is COCCOc1ccccc1C(N)C(C)C. The molecular formula is C13H21NO2. The zero-order chi connectivity index (χ0) is 12.0. The van der Waals surface area contributed by atoms with Crippen LogP contribution in [0.4, 0.5) is 0 Å². The Bertz CT molecular complexity index is 313. The minimum absolute atomic E-state index is 0.0127. The first-order valence-electron chi connectivity index (χ1n) is 5.63. The monoisotopic (exact) mass is 223 g/mol. The Morgan fingerprint density at radius 2 is 1.88 bits per heavy atom. The summed E-state index contributed by atoms with van der Waals surface area (Å²) in [5, 5.41) is 0. The highest BCUT2D eigenvalue weighted by Gasteiger charge is 2.14. The summed E-state index contributed by atoms with van der Waals surface area (Å²) in [5.41, 5.74) is 7.20. The van der Waals surface area contributed by atoms with Crippen LogP contribution in [0.5, 0.6) is 5.75 Å². The van der Waals surface area contributed by atoms with Crippen molar-refractivity contribution >= 4 is 0 Å². The predicted octanol–water partition coefficient (Wildman–Crippen LogP) is 2.37. The molecule has 16 heavy (non-hydrogen) atoms. The van der Waals surface area contributed by atoms with E-state index in [-0.39, 0.29) is 6.04 Å². The molecule has 3 nitrogen and oxygen atoms in total. The molecule has 0 aliphatic heterocycles. The highest BCUT2D eigenvalue weighted by Crippen LogP contribution is 2.27. The van der Waals surface area contributed by atoms with Crippen LogP contribution in [-0.2, 0) is 4.74 Å². The first-order valence-corrected chi connectivity index (χ1v) is 5.63. The van der Waals surface area contributed by atoms with Crippen molar-refractivity contribution in [3.63, 3.8) is 0 Å². The van der Waals surface area contributed by atoms with Crippen LogP contribution in [0, 0.1) is 5.92 Å². The molecule has 0 spiro atoms. The van der Waals surface area contributed by atoms with Gasteiger partial charge in [0, 0.05) is 18.7 Å². The molecule has 0 bridgehead atoms. The van der Waals surface area contributed by atoms with Gasteiger partial charge >= 0.3 is 0 Å². The summed E-state index contributed by atoms with van der Waals surface area (Å²) in [6, 6.07) is 7.93. The fraction of sp³-hybridized carbons (Fsp3) is 0.538. The van der Waals surface area contributed by atoms with Crippen molar-refractivity contribution in [3.05, 3.63) is 29.8 Å². The largest absolute Gasteiger partial charge is 0.491 e. The van der Waals surface area contributed by atoms with Crippen LogP contribution in [0.15, 0.2) is 24.3 Å². The van der Waals surface area contributed by atoms with Crippen molar-refractivity contribution < 1.29 is 9.47 Å². The van der Waals surface area contributed by atoms with Crippen molar-refractivity contribution in [2.45, 2.75) is 19.9 Å². The molecule has 0 aromatic heterocycles. The maximum atomic E-state index is 6.13. The molecule has 0 amide bonds. The summed E-state index contributed by atoms with van der Waals surface area (Å²) < 4.78 is 10.6. The highest BCUT2D eigenvalue weighted by atomic mass is 16.5. The Kier molecular flexibility index (Phi) is 5.29. The molecule has 0 saturated carbocycles. The van der Waals surface area contributed by atoms with E-state index < -0.39 is 0 Å². The Hall–Kier alpha value is -1.06. The van der Waals surface area contributed by atoms with Crippen molar-refractivity contribution in [1.82, 2.24) is 0 Å². The molecule has 0 saturated heterocycles. The maximum Gasteiger partial charge on any atom is 0.124 e. The first-order chi connectivity index (χ1) is 7.66. The van der Waals surface area contributed by atoms with E-state index >= 15 is 0 Å². The fourth-order valence-electron chi connectivity index (χ4n) is 1.48. The van der Waals surface area contributed by atoms with Crippen LogP contribution in [-0.4, -0.2) is 20.3 Å². The molecule has 1 rings (SSSR count). The third-order valence-electron chi connectivity index (χ3n) is 2.54. The average Bonchev–Trinajstić information content (AvgIpc) is 2.29. The minimum Gasteiger partial charge on any atom is -0.491 e. The smallest absolute Gasteiger partial charge is 0.124 e. The molecule has 2 N–H and O–H groups in total. The Balaban J connectivity index is 2.75. The number of hydrogen-bond donors (Lipinski definition) is 1. The fourth-order valence-corrected chi connectivity index (χ4v) is 1.48. The van der Waals surface area contributed by atoms with E-state index in [0.717, 1.165) is 11.3 Å². The molecule has 1 aromatic rings. The second-order valence-corrected chi connectivity index (χ2v) is 4.15. The molecule has 0 radical (unpaired) electrons. The normalized spacial score (nSPS) is 12.8. The van der Waals surface area contributed by atoms with Crippen molar-refractivity contribution in [2.75, 3.05) is 20.3 Å². The lowest BCUT2D eigenvalue weighted by molar-refractivity contribution is 0.145. The summed E-state index contributed by atoms with van der Waals surface area (Å²) in [6.45, 7) is 5.36. The minimum atomic E-state index is 0.0127. The maximum absolute atomic E-state index is 6.13. The lowest BCUT2D eigenvalue weighted by Gasteiger charge is -2.19. The molecule has 3 heteroatoms. The van der Waals surface area contributed by atoms with Crippen LogP contribution in [0.1, 0.15) is 25.5 Å². The van der Waals surface area contributed by atoms with Crippen LogP contribution >= 0.6 is 0 Å². The second kappa shape index (κ2) is 6.51. The third kappa shape index (κ3) is 3.51. The third-order valence-corrected chi connectivity index (χ3v) is 2.54. The number of methoxy groups -OCH3 is 1. The molecular weight excluding hydrogens is 202 g/mol. The number of rotatable bonds is 6. The lowest BCUT2D eigenvalue weighted by Crippen LogP contribution is -2.18. The van der Waals surface area contributed by atoms with Gasteiger partial charge in [0.25, 0.3) is 0 Å². The number of hydrogen-bond acceptors (Lipinski definition) is 3. The lowest BCUT2D eigenvalue weighted by atomic mass is 9.96. The highest BCUT2D eigenvalue weighted by molar-refractivity contribution is 5.36. The van der Waals surface area contributed by atoms with Gasteiger partial charge in [-0.05, 0) is 12.0 Å². The zero-order valence-electron chi connectivity index (χ0n) is 10.3. The second-order valence-electron chi connectivity index (χ2n) is 4.15. The molecule has 1 unspecified atom stereocenters. The van der Waals surface area contributed by atoms with Gasteiger partial charge in [0.1, 0.15) is 12.4 Å². The summed E-state index contributed by atoms with van der Waals surface area (Å²) in [4.78, 5) is 0. The Morgan fingerprint density at radius 3 is 2.50 bits per heavy atom. The van der Waals surface area contributed by atoms with Gasteiger partial charge in [0.15, 0.2) is 0 Å². The number of para-hydroxylation sites is 1. The van der Waals surface area contributed by atoms with E-state index in [4.69, 9.17) is 15.2 Å². The molecule has 1 atom stereocenters. The molecule has 0 aliphatic carbocycles.